The van der Waals surface area contributed by atoms with E-state index in [2.05, 4.69) is 187 Å². The molecule has 8 aromatic rings. The Morgan fingerprint density at radius 1 is 0.327 bits per heavy atom. The minimum atomic E-state index is -3.31. The Bertz CT molecular complexity index is 2210. The zero-order valence-electron chi connectivity index (χ0n) is 27.0. The van der Waals surface area contributed by atoms with Crippen LogP contribution in [0.3, 0.4) is 0 Å². The molecule has 0 saturated heterocycles. The summed E-state index contributed by atoms with van der Waals surface area (Å²) in [5, 5.41) is 2.34. The second-order valence-electron chi connectivity index (χ2n) is 12.3. The molecule has 0 unspecified atom stereocenters. The van der Waals surface area contributed by atoms with E-state index in [1.54, 1.807) is 0 Å². The van der Waals surface area contributed by atoms with Crippen LogP contribution in [-0.2, 0) is 0 Å². The van der Waals surface area contributed by atoms with Crippen LogP contribution in [-0.4, -0.2) is 13.3 Å². The Kier molecular flexibility index (Phi) is 8.39. The molecule has 8 rings (SSSR count). The number of halogens is 1. The number of hydrogen-bond acceptors (Lipinski definition) is 1. The maximum absolute atomic E-state index is 14.0. The van der Waals surface area contributed by atoms with Crippen molar-refractivity contribution >= 4 is 58.7 Å². The van der Waals surface area contributed by atoms with Crippen molar-refractivity contribution in [2.75, 3.05) is 4.90 Å². The van der Waals surface area contributed by atoms with Crippen LogP contribution in [0, 0.1) is 5.82 Å². The zero-order chi connectivity index (χ0) is 33.0. The van der Waals surface area contributed by atoms with Crippen molar-refractivity contribution in [1.29, 1.82) is 0 Å². The maximum atomic E-state index is 14.0. The van der Waals surface area contributed by atoms with Gasteiger partial charge in [-0.25, -0.2) is 4.39 Å². The third-order valence-electron chi connectivity index (χ3n) is 9.47. The second-order valence-corrected chi connectivity index (χ2v) is 20.3. The molecular weight excluding hydrogens is 658 g/mol. The van der Waals surface area contributed by atoms with Gasteiger partial charge < -0.3 is 0 Å². The van der Waals surface area contributed by atoms with Crippen molar-refractivity contribution in [1.82, 2.24) is 0 Å². The molecule has 0 aliphatic carbocycles. The first kappa shape index (κ1) is 30.6. The van der Waals surface area contributed by atoms with Gasteiger partial charge in [-0.3, -0.25) is 0 Å². The fourth-order valence-electron chi connectivity index (χ4n) is 7.13. The summed E-state index contributed by atoms with van der Waals surface area (Å²) in [7, 11) is 0. The van der Waals surface area contributed by atoms with Gasteiger partial charge in [-0.15, -0.1) is 0 Å². The van der Waals surface area contributed by atoms with E-state index < -0.39 is 13.3 Å². The number of rotatable bonds is 8. The molecule has 0 heterocycles. The van der Waals surface area contributed by atoms with E-state index >= 15 is 0 Å². The van der Waals surface area contributed by atoms with Crippen LogP contribution in [0.5, 0.6) is 0 Å². The average molecular weight is 692 g/mol. The molecule has 0 aliphatic rings. The van der Waals surface area contributed by atoms with Crippen LogP contribution in [0.25, 0.3) is 21.9 Å². The van der Waals surface area contributed by atoms with E-state index in [9.17, 15) is 4.39 Å². The van der Waals surface area contributed by atoms with Crippen LogP contribution in [0.4, 0.5) is 21.5 Å². The first-order valence-corrected chi connectivity index (χ1v) is 20.8. The zero-order valence-corrected chi connectivity index (χ0v) is 29.1. The fourth-order valence-corrected chi connectivity index (χ4v) is 17.1. The molecule has 0 atom stereocenters. The molecule has 0 N–H and O–H groups in total. The second kappa shape index (κ2) is 13.4. The Balaban J connectivity index is 1.19. The molecule has 0 amide bonds. The van der Waals surface area contributed by atoms with Gasteiger partial charge in [0.15, 0.2) is 0 Å². The SMILES string of the molecule is Fc1ccc(N(c2ccc(-c3cc[c]([Ge]([c]4ccccc4)([c]4ccccc4)[c]4ccccc4)cc3)cc2)c2ccc3ccccc3c2)cc1. The van der Waals surface area contributed by atoms with Gasteiger partial charge in [0.2, 0.25) is 0 Å². The van der Waals surface area contributed by atoms with Crippen molar-refractivity contribution in [2.45, 2.75) is 0 Å². The summed E-state index contributed by atoms with van der Waals surface area (Å²) in [4.78, 5) is 2.18. The predicted molar refractivity (Wildman–Crippen MR) is 208 cm³/mol. The Labute approximate surface area is 289 Å². The molecule has 0 spiro atoms. The first-order chi connectivity index (χ1) is 24.2. The predicted octanol–water partition coefficient (Wildman–Crippen LogP) is 9.49. The van der Waals surface area contributed by atoms with E-state index in [4.69, 9.17) is 0 Å². The summed E-state index contributed by atoms with van der Waals surface area (Å²) in [5.74, 6) is -0.249. The van der Waals surface area contributed by atoms with Crippen molar-refractivity contribution in [3.05, 3.63) is 212 Å². The molecule has 0 aliphatic heterocycles. The van der Waals surface area contributed by atoms with E-state index in [0.717, 1.165) is 28.0 Å². The molecule has 3 heteroatoms. The molecule has 1 nitrogen and oxygen atoms in total. The third-order valence-corrected chi connectivity index (χ3v) is 19.5. The normalized spacial score (nSPS) is 11.4. The van der Waals surface area contributed by atoms with E-state index in [1.807, 2.05) is 12.1 Å². The molecule has 49 heavy (non-hydrogen) atoms. The van der Waals surface area contributed by atoms with Gasteiger partial charge in [-0.1, -0.05) is 24.3 Å². The van der Waals surface area contributed by atoms with Gasteiger partial charge >= 0.3 is 251 Å². The van der Waals surface area contributed by atoms with Crippen LogP contribution in [0.15, 0.2) is 206 Å². The number of nitrogens with zero attached hydrogens (tertiary/aromatic N) is 1. The summed E-state index contributed by atoms with van der Waals surface area (Å²) in [6.07, 6.45) is 0. The summed E-state index contributed by atoms with van der Waals surface area (Å²) in [5.41, 5.74) is 5.24. The van der Waals surface area contributed by atoms with Gasteiger partial charge in [0.05, 0.1) is 0 Å². The first-order valence-electron chi connectivity index (χ1n) is 16.6. The summed E-state index contributed by atoms with van der Waals surface area (Å²) in [6, 6.07) is 72.7. The molecular formula is C46H34FGeN. The molecule has 8 aromatic carbocycles. The van der Waals surface area contributed by atoms with Crippen molar-refractivity contribution in [2.24, 2.45) is 0 Å². The van der Waals surface area contributed by atoms with Gasteiger partial charge in [0.1, 0.15) is 5.82 Å². The average Bonchev–Trinajstić information content (AvgIpc) is 3.18. The van der Waals surface area contributed by atoms with Crippen LogP contribution >= 0.6 is 0 Å². The van der Waals surface area contributed by atoms with Crippen molar-refractivity contribution < 1.29 is 4.39 Å². The summed E-state index contributed by atoms with van der Waals surface area (Å²) in [6.45, 7) is 0. The fraction of sp³-hybridized carbons (Fsp3) is 0. The van der Waals surface area contributed by atoms with Gasteiger partial charge in [0, 0.05) is 0 Å². The Hall–Kier alpha value is -5.71. The summed E-state index contributed by atoms with van der Waals surface area (Å²) < 4.78 is 19.6. The molecule has 0 bridgehead atoms. The topological polar surface area (TPSA) is 3.24 Å². The molecule has 0 saturated carbocycles. The molecule has 234 valence electrons. The number of anilines is 3. The van der Waals surface area contributed by atoms with Crippen LogP contribution in [0.2, 0.25) is 0 Å². The van der Waals surface area contributed by atoms with E-state index in [-0.39, 0.29) is 5.82 Å². The van der Waals surface area contributed by atoms with Crippen LogP contribution in [0.1, 0.15) is 0 Å². The molecule has 0 radical (unpaired) electrons. The number of fused-ring (bicyclic) bond motifs is 1. The minimum absolute atomic E-state index is 0.249. The Morgan fingerprint density at radius 2 is 0.714 bits per heavy atom. The summed E-state index contributed by atoms with van der Waals surface area (Å²) >= 11 is -3.31. The number of benzene rings is 8. The number of hydrogen-bond donors (Lipinski definition) is 0. The monoisotopic (exact) mass is 693 g/mol. The third kappa shape index (κ3) is 5.85. The Morgan fingerprint density at radius 3 is 1.22 bits per heavy atom. The van der Waals surface area contributed by atoms with E-state index in [1.165, 1.54) is 40.7 Å². The standard InChI is InChI=1S/C46H34FGeN/c47-39-25-32-45(33-26-39)49(46-31-24-35-12-10-11-13-38(35)34-46)44-29-22-37(23-30-44)36-20-27-43(28-21-36)48(40-14-4-1-5-15-40,41-16-6-2-7-17-41)42-18-8-3-9-19-42/h1-34H. The quantitative estimate of drug-likeness (QED) is 0.144. The van der Waals surface area contributed by atoms with Gasteiger partial charge in [-0.2, -0.15) is 0 Å². The van der Waals surface area contributed by atoms with Gasteiger partial charge in [-0.05, 0) is 5.39 Å². The van der Waals surface area contributed by atoms with E-state index in [0.29, 0.717) is 0 Å². The molecule has 0 fully saturated rings. The van der Waals surface area contributed by atoms with Crippen molar-refractivity contribution in [3.8, 4) is 11.1 Å². The molecule has 0 aromatic heterocycles. The van der Waals surface area contributed by atoms with Gasteiger partial charge in [0.25, 0.3) is 0 Å². The van der Waals surface area contributed by atoms with Crippen molar-refractivity contribution in [3.63, 3.8) is 0 Å². The van der Waals surface area contributed by atoms with Crippen LogP contribution < -0.4 is 22.5 Å².